The number of hydrogen-bond donors (Lipinski definition) is 1. The van der Waals surface area contributed by atoms with E-state index in [2.05, 4.69) is 10.0 Å². The van der Waals surface area contributed by atoms with E-state index in [0.717, 1.165) is 11.1 Å². The molecule has 5 nitrogen and oxygen atoms in total. The fourth-order valence-electron chi connectivity index (χ4n) is 2.37. The van der Waals surface area contributed by atoms with Crippen molar-refractivity contribution >= 4 is 5.91 Å². The average molecular weight is 280 g/mol. The van der Waals surface area contributed by atoms with Crippen LogP contribution in [0, 0.1) is 0 Å². The molecule has 2 aromatic rings. The minimum absolute atomic E-state index is 0.276. The SMILES string of the molecule is [N-]=[N+]=NC(C(N)=O)C(Cc1ccccc1)c1ccccc1. The molecule has 1 amide bonds. The minimum Gasteiger partial charge on any atom is -0.369 e. The Balaban J connectivity index is 2.38. The predicted molar refractivity (Wildman–Crippen MR) is 81.5 cm³/mol. The molecule has 0 fully saturated rings. The van der Waals surface area contributed by atoms with Crippen molar-refractivity contribution in [3.8, 4) is 0 Å². The highest BCUT2D eigenvalue weighted by atomic mass is 16.1. The number of primary amides is 1. The van der Waals surface area contributed by atoms with E-state index >= 15 is 0 Å². The number of azide groups is 1. The molecule has 2 N–H and O–H groups in total. The first-order valence-corrected chi connectivity index (χ1v) is 6.64. The number of nitrogens with two attached hydrogens (primary N) is 1. The standard InChI is InChI=1S/C16H16N4O/c17-16(21)15(19-20-18)14(13-9-5-2-6-10-13)11-12-7-3-1-4-8-12/h1-10,14-15H,11H2,(H2,17,21). The maximum absolute atomic E-state index is 11.7. The Bertz CT molecular complexity index is 634. The van der Waals surface area contributed by atoms with Crippen molar-refractivity contribution in [3.63, 3.8) is 0 Å². The van der Waals surface area contributed by atoms with Gasteiger partial charge in [-0.1, -0.05) is 65.8 Å². The number of amides is 1. The molecule has 0 aliphatic rings. The van der Waals surface area contributed by atoms with Crippen molar-refractivity contribution in [1.29, 1.82) is 0 Å². The highest BCUT2D eigenvalue weighted by molar-refractivity contribution is 5.81. The number of hydrogen-bond acceptors (Lipinski definition) is 2. The Labute approximate surface area is 123 Å². The molecule has 0 radical (unpaired) electrons. The van der Waals surface area contributed by atoms with Gasteiger partial charge in [-0.05, 0) is 23.1 Å². The molecular formula is C16H16N4O. The maximum Gasteiger partial charge on any atom is 0.227 e. The number of carbonyl (C=O) groups excluding carboxylic acids is 1. The Hall–Kier alpha value is -2.78. The molecule has 21 heavy (non-hydrogen) atoms. The zero-order valence-corrected chi connectivity index (χ0v) is 11.5. The van der Waals surface area contributed by atoms with Crippen LogP contribution in [-0.2, 0) is 11.2 Å². The molecule has 0 saturated heterocycles. The Kier molecular flexibility index (Phi) is 4.96. The predicted octanol–water partition coefficient (Wildman–Crippen LogP) is 3.18. The molecule has 0 aliphatic carbocycles. The fourth-order valence-corrected chi connectivity index (χ4v) is 2.37. The van der Waals surface area contributed by atoms with Gasteiger partial charge in [0.15, 0.2) is 0 Å². The third-order valence-corrected chi connectivity index (χ3v) is 3.37. The van der Waals surface area contributed by atoms with E-state index in [-0.39, 0.29) is 5.92 Å². The first kappa shape index (κ1) is 14.6. The molecule has 2 atom stereocenters. The van der Waals surface area contributed by atoms with E-state index in [4.69, 9.17) is 11.3 Å². The van der Waals surface area contributed by atoms with Crippen LogP contribution in [0.5, 0.6) is 0 Å². The lowest BCUT2D eigenvalue weighted by molar-refractivity contribution is -0.119. The van der Waals surface area contributed by atoms with Crippen LogP contribution in [0.4, 0.5) is 0 Å². The largest absolute Gasteiger partial charge is 0.369 e. The van der Waals surface area contributed by atoms with Gasteiger partial charge in [0.05, 0.1) is 0 Å². The summed E-state index contributed by atoms with van der Waals surface area (Å²) < 4.78 is 0. The van der Waals surface area contributed by atoms with Crippen LogP contribution >= 0.6 is 0 Å². The van der Waals surface area contributed by atoms with Crippen LogP contribution in [0.2, 0.25) is 0 Å². The Morgan fingerprint density at radius 2 is 1.67 bits per heavy atom. The summed E-state index contributed by atoms with van der Waals surface area (Å²) >= 11 is 0. The zero-order chi connectivity index (χ0) is 15.1. The Morgan fingerprint density at radius 3 is 2.19 bits per heavy atom. The van der Waals surface area contributed by atoms with Gasteiger partial charge < -0.3 is 5.73 Å². The molecule has 5 heteroatoms. The van der Waals surface area contributed by atoms with Crippen molar-refractivity contribution in [1.82, 2.24) is 0 Å². The first-order valence-electron chi connectivity index (χ1n) is 6.64. The molecule has 106 valence electrons. The van der Waals surface area contributed by atoms with Crippen molar-refractivity contribution in [2.24, 2.45) is 10.8 Å². The van der Waals surface area contributed by atoms with Gasteiger partial charge in [0.2, 0.25) is 5.91 Å². The van der Waals surface area contributed by atoms with Gasteiger partial charge in [-0.2, -0.15) is 0 Å². The van der Waals surface area contributed by atoms with E-state index in [1.54, 1.807) is 0 Å². The summed E-state index contributed by atoms with van der Waals surface area (Å²) in [4.78, 5) is 14.4. The smallest absolute Gasteiger partial charge is 0.227 e. The highest BCUT2D eigenvalue weighted by Crippen LogP contribution is 2.26. The molecule has 0 aliphatic heterocycles. The number of rotatable bonds is 6. The molecule has 2 unspecified atom stereocenters. The van der Waals surface area contributed by atoms with Crippen LogP contribution in [0.15, 0.2) is 65.8 Å². The monoisotopic (exact) mass is 280 g/mol. The van der Waals surface area contributed by atoms with Gasteiger partial charge in [0.1, 0.15) is 6.04 Å². The van der Waals surface area contributed by atoms with E-state index in [1.165, 1.54) is 0 Å². The van der Waals surface area contributed by atoms with E-state index in [1.807, 2.05) is 60.7 Å². The maximum atomic E-state index is 11.7. The number of carbonyl (C=O) groups is 1. The first-order chi connectivity index (χ1) is 10.2. The molecule has 0 spiro atoms. The van der Waals surface area contributed by atoms with Gasteiger partial charge >= 0.3 is 0 Å². The summed E-state index contributed by atoms with van der Waals surface area (Å²) in [6.07, 6.45) is 0.581. The van der Waals surface area contributed by atoms with Crippen LogP contribution in [-0.4, -0.2) is 11.9 Å². The summed E-state index contributed by atoms with van der Waals surface area (Å²) in [5.74, 6) is -0.889. The van der Waals surface area contributed by atoms with E-state index in [9.17, 15) is 4.79 Å². The normalized spacial score (nSPS) is 13.0. The van der Waals surface area contributed by atoms with Crippen molar-refractivity contribution < 1.29 is 4.79 Å². The highest BCUT2D eigenvalue weighted by Gasteiger charge is 2.27. The third kappa shape index (κ3) is 3.84. The summed E-state index contributed by atoms with van der Waals surface area (Å²) in [6, 6.07) is 18.4. The van der Waals surface area contributed by atoms with Gasteiger partial charge in [0, 0.05) is 10.8 Å². The van der Waals surface area contributed by atoms with Gasteiger partial charge in [-0.15, -0.1) is 0 Å². The van der Waals surface area contributed by atoms with Crippen LogP contribution in [0.1, 0.15) is 17.0 Å². The molecule has 0 aromatic heterocycles. The lowest BCUT2D eigenvalue weighted by Gasteiger charge is -2.22. The second kappa shape index (κ2) is 7.12. The topological polar surface area (TPSA) is 91.8 Å². The second-order valence-corrected chi connectivity index (χ2v) is 4.76. The van der Waals surface area contributed by atoms with Gasteiger partial charge in [0.25, 0.3) is 0 Å². The lowest BCUT2D eigenvalue weighted by Crippen LogP contribution is -2.33. The molecule has 2 rings (SSSR count). The average Bonchev–Trinajstić information content (AvgIpc) is 2.52. The minimum atomic E-state index is -0.905. The van der Waals surface area contributed by atoms with Gasteiger partial charge in [-0.3, -0.25) is 4.79 Å². The summed E-state index contributed by atoms with van der Waals surface area (Å²) in [5.41, 5.74) is 16.1. The number of nitrogens with zero attached hydrogens (tertiary/aromatic N) is 3. The van der Waals surface area contributed by atoms with Crippen molar-refractivity contribution in [3.05, 3.63) is 82.2 Å². The molecule has 2 aromatic carbocycles. The van der Waals surface area contributed by atoms with Crippen LogP contribution < -0.4 is 5.73 Å². The molecule has 0 bridgehead atoms. The molecule has 0 saturated carbocycles. The van der Waals surface area contributed by atoms with Crippen molar-refractivity contribution in [2.75, 3.05) is 0 Å². The second-order valence-electron chi connectivity index (χ2n) is 4.76. The third-order valence-electron chi connectivity index (χ3n) is 3.37. The molecule has 0 heterocycles. The number of benzene rings is 2. The Morgan fingerprint density at radius 1 is 1.10 bits per heavy atom. The zero-order valence-electron chi connectivity index (χ0n) is 11.5. The lowest BCUT2D eigenvalue weighted by atomic mass is 9.86. The van der Waals surface area contributed by atoms with E-state index in [0.29, 0.717) is 6.42 Å². The fraction of sp³-hybridized carbons (Fsp3) is 0.188. The van der Waals surface area contributed by atoms with Crippen LogP contribution in [0.3, 0.4) is 0 Å². The van der Waals surface area contributed by atoms with E-state index < -0.39 is 11.9 Å². The summed E-state index contributed by atoms with van der Waals surface area (Å²) in [7, 11) is 0. The van der Waals surface area contributed by atoms with Crippen LogP contribution in [0.25, 0.3) is 10.4 Å². The van der Waals surface area contributed by atoms with Crippen molar-refractivity contribution in [2.45, 2.75) is 18.4 Å². The molecular weight excluding hydrogens is 264 g/mol. The summed E-state index contributed by atoms with van der Waals surface area (Å²) in [6.45, 7) is 0. The summed E-state index contributed by atoms with van der Waals surface area (Å²) in [5, 5.41) is 3.60. The quantitative estimate of drug-likeness (QED) is 0.491. The van der Waals surface area contributed by atoms with Gasteiger partial charge in [-0.25, -0.2) is 0 Å².